The molecule has 16 heavy (non-hydrogen) atoms. The molecule has 0 saturated carbocycles. The number of hydrogen-bond donors (Lipinski definition) is 0. The van der Waals surface area contributed by atoms with Gasteiger partial charge >= 0.3 is 12.1 Å². The summed E-state index contributed by atoms with van der Waals surface area (Å²) in [6, 6.07) is 0. The standard InChI is InChI=1S/C6H3Cl4F5O/c7-2(3(8)16)1-4(9,10)5(11,12)6(13,14)15/h2H,1H2. The van der Waals surface area contributed by atoms with E-state index in [9.17, 15) is 26.7 Å². The Hall–Kier alpha value is 0.480. The summed E-state index contributed by atoms with van der Waals surface area (Å²) in [7, 11) is 0. The number of rotatable bonds is 4. The Kier molecular flexibility index (Phi) is 5.15. The zero-order chi connectivity index (χ0) is 13.4. The molecule has 0 saturated heterocycles. The minimum Gasteiger partial charge on any atom is -0.280 e. The molecular formula is C6H3Cl4F5O. The Morgan fingerprint density at radius 2 is 1.50 bits per heavy atom. The first-order chi connectivity index (χ1) is 6.83. The zero-order valence-electron chi connectivity index (χ0n) is 7.09. The van der Waals surface area contributed by atoms with Crippen molar-refractivity contribution >= 4 is 51.6 Å². The minimum atomic E-state index is -5.96. The third-order valence-electron chi connectivity index (χ3n) is 1.50. The first-order valence-electron chi connectivity index (χ1n) is 3.48. The van der Waals surface area contributed by atoms with Gasteiger partial charge in [0.1, 0.15) is 5.38 Å². The van der Waals surface area contributed by atoms with E-state index in [1.165, 1.54) is 0 Å². The number of halogens is 9. The summed E-state index contributed by atoms with van der Waals surface area (Å²) >= 11 is 19.6. The van der Waals surface area contributed by atoms with Crippen LogP contribution in [0.2, 0.25) is 0 Å². The van der Waals surface area contributed by atoms with Gasteiger partial charge in [-0.2, -0.15) is 22.0 Å². The molecule has 10 heteroatoms. The smallest absolute Gasteiger partial charge is 0.280 e. The van der Waals surface area contributed by atoms with Crippen LogP contribution in [0.5, 0.6) is 0 Å². The van der Waals surface area contributed by atoms with E-state index >= 15 is 0 Å². The molecule has 0 rings (SSSR count). The lowest BCUT2D eigenvalue weighted by Gasteiger charge is -2.31. The highest BCUT2D eigenvalue weighted by Gasteiger charge is 2.69. The number of carbonyl (C=O) groups excluding carboxylic acids is 1. The Morgan fingerprint density at radius 1 is 1.12 bits per heavy atom. The molecule has 0 aromatic rings. The van der Waals surface area contributed by atoms with Crippen LogP contribution in [0, 0.1) is 0 Å². The molecule has 96 valence electrons. The summed E-state index contributed by atoms with van der Waals surface area (Å²) < 4.78 is 57.6. The Morgan fingerprint density at radius 3 is 1.75 bits per heavy atom. The topological polar surface area (TPSA) is 17.1 Å². The molecule has 0 radical (unpaired) electrons. The van der Waals surface area contributed by atoms with Crippen LogP contribution in [-0.2, 0) is 4.79 Å². The van der Waals surface area contributed by atoms with Gasteiger partial charge in [0, 0.05) is 6.42 Å². The summed E-state index contributed by atoms with van der Waals surface area (Å²) in [5.41, 5.74) is 0. The van der Waals surface area contributed by atoms with E-state index in [0.717, 1.165) is 0 Å². The van der Waals surface area contributed by atoms with Gasteiger partial charge in [-0.25, -0.2) is 0 Å². The van der Waals surface area contributed by atoms with Gasteiger partial charge in [0.25, 0.3) is 0 Å². The molecule has 1 nitrogen and oxygen atoms in total. The fourth-order valence-corrected chi connectivity index (χ4v) is 1.63. The van der Waals surface area contributed by atoms with E-state index in [0.29, 0.717) is 0 Å². The van der Waals surface area contributed by atoms with Crippen molar-refractivity contribution in [1.29, 1.82) is 0 Å². The van der Waals surface area contributed by atoms with Gasteiger partial charge in [-0.1, -0.05) is 23.2 Å². The Balaban J connectivity index is 4.99. The Labute approximate surface area is 107 Å². The summed E-state index contributed by atoms with van der Waals surface area (Å²) in [5, 5.41) is -3.17. The lowest BCUT2D eigenvalue weighted by Crippen LogP contribution is -2.51. The van der Waals surface area contributed by atoms with Crippen LogP contribution in [0.15, 0.2) is 0 Å². The monoisotopic (exact) mass is 326 g/mol. The highest BCUT2D eigenvalue weighted by atomic mass is 35.5. The molecular weight excluding hydrogens is 325 g/mol. The molecule has 0 aromatic carbocycles. The first-order valence-corrected chi connectivity index (χ1v) is 5.06. The SMILES string of the molecule is O=C(Cl)C(Cl)CC(Cl)(Cl)C(F)(F)C(F)(F)F. The maximum absolute atomic E-state index is 12.7. The summed E-state index contributed by atoms with van der Waals surface area (Å²) in [5.74, 6) is -5.41. The third kappa shape index (κ3) is 3.48. The van der Waals surface area contributed by atoms with E-state index in [1.807, 2.05) is 0 Å². The average molecular weight is 328 g/mol. The fourth-order valence-electron chi connectivity index (χ4n) is 0.641. The second-order valence-corrected chi connectivity index (χ2v) is 5.14. The lowest BCUT2D eigenvalue weighted by atomic mass is 10.1. The van der Waals surface area contributed by atoms with Crippen LogP contribution >= 0.6 is 46.4 Å². The summed E-state index contributed by atoms with van der Waals surface area (Å²) in [4.78, 5) is 10.4. The molecule has 0 heterocycles. The second kappa shape index (κ2) is 5.00. The van der Waals surface area contributed by atoms with Crippen molar-refractivity contribution in [1.82, 2.24) is 0 Å². The van der Waals surface area contributed by atoms with Crippen molar-refractivity contribution < 1.29 is 26.7 Å². The second-order valence-electron chi connectivity index (χ2n) is 2.75. The van der Waals surface area contributed by atoms with Crippen molar-refractivity contribution in [2.75, 3.05) is 0 Å². The van der Waals surface area contributed by atoms with Crippen molar-refractivity contribution in [2.45, 2.75) is 28.2 Å². The predicted molar refractivity (Wildman–Crippen MR) is 50.6 cm³/mol. The molecule has 0 aliphatic heterocycles. The molecule has 0 aromatic heterocycles. The van der Waals surface area contributed by atoms with Gasteiger partial charge in [0.2, 0.25) is 5.24 Å². The number of alkyl halides is 8. The van der Waals surface area contributed by atoms with Gasteiger partial charge < -0.3 is 0 Å². The van der Waals surface area contributed by atoms with Crippen molar-refractivity contribution in [2.24, 2.45) is 0 Å². The van der Waals surface area contributed by atoms with Crippen LogP contribution in [0.1, 0.15) is 6.42 Å². The molecule has 0 spiro atoms. The normalized spacial score (nSPS) is 16.1. The summed E-state index contributed by atoms with van der Waals surface area (Å²) in [6.45, 7) is 0. The van der Waals surface area contributed by atoms with Crippen molar-refractivity contribution in [3.63, 3.8) is 0 Å². The third-order valence-corrected chi connectivity index (χ3v) is 3.01. The molecule has 0 aliphatic rings. The molecule has 0 amide bonds. The average Bonchev–Trinajstić information content (AvgIpc) is 2.00. The van der Waals surface area contributed by atoms with E-state index in [1.54, 1.807) is 0 Å². The molecule has 1 atom stereocenters. The van der Waals surface area contributed by atoms with Crippen molar-refractivity contribution in [3.05, 3.63) is 0 Å². The first kappa shape index (κ1) is 16.5. The van der Waals surface area contributed by atoms with Crippen LogP contribution in [0.3, 0.4) is 0 Å². The van der Waals surface area contributed by atoms with Crippen LogP contribution in [-0.4, -0.2) is 27.1 Å². The largest absolute Gasteiger partial charge is 0.456 e. The number of hydrogen-bond acceptors (Lipinski definition) is 1. The fraction of sp³-hybridized carbons (Fsp3) is 0.833. The highest BCUT2D eigenvalue weighted by molar-refractivity contribution is 6.69. The van der Waals surface area contributed by atoms with Crippen LogP contribution < -0.4 is 0 Å². The maximum Gasteiger partial charge on any atom is 0.456 e. The maximum atomic E-state index is 12.7. The van der Waals surface area contributed by atoms with E-state index in [2.05, 4.69) is 0 Å². The van der Waals surface area contributed by atoms with Gasteiger partial charge in [-0.15, -0.1) is 11.6 Å². The lowest BCUT2D eigenvalue weighted by molar-refractivity contribution is -0.287. The molecule has 0 fully saturated rings. The van der Waals surface area contributed by atoms with Gasteiger partial charge in [-0.05, 0) is 11.6 Å². The predicted octanol–water partition coefficient (Wildman–Crippen LogP) is 4.12. The summed E-state index contributed by atoms with van der Waals surface area (Å²) in [6.07, 6.45) is -7.30. The van der Waals surface area contributed by atoms with E-state index in [4.69, 9.17) is 46.4 Å². The van der Waals surface area contributed by atoms with Gasteiger partial charge in [0.15, 0.2) is 4.33 Å². The van der Waals surface area contributed by atoms with Gasteiger partial charge in [-0.3, -0.25) is 4.79 Å². The molecule has 1 unspecified atom stereocenters. The Bertz CT molecular complexity index is 277. The molecule has 0 N–H and O–H groups in total. The molecule has 0 aliphatic carbocycles. The highest BCUT2D eigenvalue weighted by Crippen LogP contribution is 2.51. The van der Waals surface area contributed by atoms with E-state index < -0.39 is 33.5 Å². The number of carbonyl (C=O) groups is 1. The molecule has 0 bridgehead atoms. The quantitative estimate of drug-likeness (QED) is 0.431. The van der Waals surface area contributed by atoms with E-state index in [-0.39, 0.29) is 0 Å². The van der Waals surface area contributed by atoms with Crippen molar-refractivity contribution in [3.8, 4) is 0 Å². The minimum absolute atomic E-state index is 1.33. The van der Waals surface area contributed by atoms with Crippen LogP contribution in [0.4, 0.5) is 22.0 Å². The zero-order valence-corrected chi connectivity index (χ0v) is 10.1. The van der Waals surface area contributed by atoms with Crippen LogP contribution in [0.25, 0.3) is 0 Å². The van der Waals surface area contributed by atoms with Gasteiger partial charge in [0.05, 0.1) is 0 Å².